The van der Waals surface area contributed by atoms with E-state index in [1.165, 1.54) is 16.6 Å². The quantitative estimate of drug-likeness (QED) is 0.772. The Morgan fingerprint density at radius 2 is 1.04 bits per heavy atom. The van der Waals surface area contributed by atoms with Crippen LogP contribution in [0.4, 0.5) is 0 Å². The molecule has 0 N–H and O–H groups in total. The summed E-state index contributed by atoms with van der Waals surface area (Å²) in [6.45, 7) is 10.9. The highest BCUT2D eigenvalue weighted by Crippen LogP contribution is 2.12. The Bertz CT molecular complexity index is 459. The SMILES string of the molecule is CCB(CC)c1c2cccc1COCCOCCOCCOCCOC2. The van der Waals surface area contributed by atoms with E-state index in [9.17, 15) is 0 Å². The van der Waals surface area contributed by atoms with E-state index in [2.05, 4.69) is 32.0 Å². The average Bonchev–Trinajstić information content (AvgIpc) is 2.66. The van der Waals surface area contributed by atoms with Gasteiger partial charge in [-0.25, -0.2) is 0 Å². The predicted octanol–water partition coefficient (Wildman–Crippen LogP) is 2.52. The van der Waals surface area contributed by atoms with Crippen molar-refractivity contribution >= 4 is 12.2 Å². The van der Waals surface area contributed by atoms with Gasteiger partial charge in [-0.05, 0) is 11.1 Å². The molecule has 0 fully saturated rings. The molecule has 1 aromatic rings. The highest BCUT2D eigenvalue weighted by molar-refractivity contribution is 6.73. The molecule has 0 spiro atoms. The second-order valence-electron chi connectivity index (χ2n) is 6.45. The number of hydrogen-bond acceptors (Lipinski definition) is 5. The molecule has 1 aliphatic rings. The van der Waals surface area contributed by atoms with Crippen molar-refractivity contribution in [3.63, 3.8) is 0 Å². The van der Waals surface area contributed by atoms with Crippen LogP contribution in [0.15, 0.2) is 18.2 Å². The molecule has 0 saturated carbocycles. The van der Waals surface area contributed by atoms with Gasteiger partial charge in [0.15, 0.2) is 6.71 Å². The first kappa shape index (κ1) is 21.4. The maximum absolute atomic E-state index is 5.87. The van der Waals surface area contributed by atoms with E-state index in [1.807, 2.05) is 0 Å². The third-order valence-corrected chi connectivity index (χ3v) is 4.68. The molecule has 0 radical (unpaired) electrons. The van der Waals surface area contributed by atoms with Crippen LogP contribution in [-0.4, -0.2) is 59.6 Å². The molecular formula is C20H33BO5. The Morgan fingerprint density at radius 1 is 0.654 bits per heavy atom. The summed E-state index contributed by atoms with van der Waals surface area (Å²) in [5.74, 6) is 0. The molecule has 26 heavy (non-hydrogen) atoms. The number of fused-ring (bicyclic) bond motifs is 2. The largest absolute Gasteiger partial charge is 0.377 e. The van der Waals surface area contributed by atoms with Crippen molar-refractivity contribution in [1.82, 2.24) is 0 Å². The van der Waals surface area contributed by atoms with Gasteiger partial charge >= 0.3 is 0 Å². The molecule has 1 aliphatic heterocycles. The molecule has 1 heterocycles. The van der Waals surface area contributed by atoms with Crippen molar-refractivity contribution in [1.29, 1.82) is 0 Å². The first-order valence-corrected chi connectivity index (χ1v) is 9.86. The number of rotatable bonds is 3. The Hall–Kier alpha value is -0.915. The molecule has 0 saturated heterocycles. The third-order valence-electron chi connectivity index (χ3n) is 4.68. The molecule has 2 bridgehead atoms. The van der Waals surface area contributed by atoms with Crippen molar-refractivity contribution in [3.8, 4) is 0 Å². The summed E-state index contributed by atoms with van der Waals surface area (Å²) in [6.07, 6.45) is 2.24. The van der Waals surface area contributed by atoms with Gasteiger partial charge in [0.05, 0.1) is 66.1 Å². The molecule has 146 valence electrons. The lowest BCUT2D eigenvalue weighted by molar-refractivity contribution is -0.0142. The predicted molar refractivity (Wildman–Crippen MR) is 105 cm³/mol. The summed E-state index contributed by atoms with van der Waals surface area (Å²) in [4.78, 5) is 0. The Kier molecular flexibility index (Phi) is 10.9. The van der Waals surface area contributed by atoms with Crippen molar-refractivity contribution in [2.24, 2.45) is 0 Å². The van der Waals surface area contributed by atoms with Crippen LogP contribution in [0.1, 0.15) is 25.0 Å². The molecule has 1 aromatic carbocycles. The summed E-state index contributed by atoms with van der Waals surface area (Å²) in [6, 6.07) is 6.45. The minimum atomic E-state index is 0.531. The average molecular weight is 364 g/mol. The Labute approximate surface area is 158 Å². The van der Waals surface area contributed by atoms with Crippen LogP contribution in [-0.2, 0) is 36.9 Å². The van der Waals surface area contributed by atoms with E-state index in [4.69, 9.17) is 23.7 Å². The summed E-state index contributed by atoms with van der Waals surface area (Å²) >= 11 is 0. The molecule has 0 aromatic heterocycles. The fourth-order valence-electron chi connectivity index (χ4n) is 3.28. The lowest BCUT2D eigenvalue weighted by Crippen LogP contribution is -2.35. The van der Waals surface area contributed by atoms with E-state index < -0.39 is 0 Å². The van der Waals surface area contributed by atoms with Crippen molar-refractivity contribution in [3.05, 3.63) is 29.3 Å². The zero-order chi connectivity index (χ0) is 18.5. The molecule has 0 aliphatic carbocycles. The zero-order valence-corrected chi connectivity index (χ0v) is 16.3. The number of hydrogen-bond donors (Lipinski definition) is 0. The van der Waals surface area contributed by atoms with Gasteiger partial charge in [-0.3, -0.25) is 0 Å². The molecule has 6 heteroatoms. The molecular weight excluding hydrogens is 331 g/mol. The molecule has 0 unspecified atom stereocenters. The van der Waals surface area contributed by atoms with Crippen LogP contribution in [0.25, 0.3) is 0 Å². The van der Waals surface area contributed by atoms with E-state index >= 15 is 0 Å². The smallest absolute Gasteiger partial charge is 0.176 e. The lowest BCUT2D eigenvalue weighted by Gasteiger charge is -2.20. The van der Waals surface area contributed by atoms with E-state index in [1.54, 1.807) is 0 Å². The Morgan fingerprint density at radius 3 is 1.42 bits per heavy atom. The van der Waals surface area contributed by atoms with Crippen LogP contribution < -0.4 is 5.46 Å². The van der Waals surface area contributed by atoms with Crippen molar-refractivity contribution in [2.75, 3.05) is 52.9 Å². The Balaban J connectivity index is 2.06. The zero-order valence-electron chi connectivity index (χ0n) is 16.3. The lowest BCUT2D eigenvalue weighted by atomic mass is 9.40. The molecule has 0 amide bonds. The molecule has 2 rings (SSSR count). The van der Waals surface area contributed by atoms with Crippen LogP contribution in [0.5, 0.6) is 0 Å². The topological polar surface area (TPSA) is 46.2 Å². The first-order chi connectivity index (χ1) is 12.9. The monoisotopic (exact) mass is 364 g/mol. The summed E-state index contributed by atoms with van der Waals surface area (Å²) in [5.41, 5.74) is 3.93. The fourth-order valence-corrected chi connectivity index (χ4v) is 3.28. The third kappa shape index (κ3) is 7.37. The minimum Gasteiger partial charge on any atom is -0.377 e. The standard InChI is InChI=1S/C20H33BO5/c1-3-21(4-2)20-18-6-5-7-19(20)17-26-15-13-24-11-9-22-8-10-23-12-14-25-16-18/h5-7H,3-4,8-17H2,1-2H3. The van der Waals surface area contributed by atoms with E-state index in [-0.39, 0.29) is 0 Å². The van der Waals surface area contributed by atoms with Gasteiger partial charge < -0.3 is 23.7 Å². The van der Waals surface area contributed by atoms with E-state index in [0.29, 0.717) is 72.8 Å². The van der Waals surface area contributed by atoms with Crippen LogP contribution >= 0.6 is 0 Å². The minimum absolute atomic E-state index is 0.531. The highest BCUT2D eigenvalue weighted by atomic mass is 16.6. The van der Waals surface area contributed by atoms with Crippen molar-refractivity contribution < 1.29 is 23.7 Å². The molecule has 0 atom stereocenters. The van der Waals surface area contributed by atoms with E-state index in [0.717, 1.165) is 12.6 Å². The van der Waals surface area contributed by atoms with Gasteiger partial charge in [-0.15, -0.1) is 0 Å². The number of benzene rings is 1. The normalized spacial score (nSPS) is 18.7. The summed E-state index contributed by atoms with van der Waals surface area (Å²) in [7, 11) is 0. The van der Waals surface area contributed by atoms with Gasteiger partial charge in [0, 0.05) is 0 Å². The van der Waals surface area contributed by atoms with Crippen molar-refractivity contribution in [2.45, 2.75) is 39.7 Å². The van der Waals surface area contributed by atoms with Gasteiger partial charge in [0.25, 0.3) is 0 Å². The van der Waals surface area contributed by atoms with Crippen LogP contribution in [0, 0.1) is 0 Å². The summed E-state index contributed by atoms with van der Waals surface area (Å²) in [5, 5.41) is 0. The summed E-state index contributed by atoms with van der Waals surface area (Å²) < 4.78 is 28.3. The second-order valence-corrected chi connectivity index (χ2v) is 6.45. The maximum atomic E-state index is 5.87. The van der Waals surface area contributed by atoms with Gasteiger partial charge in [-0.1, -0.05) is 50.1 Å². The number of ether oxygens (including phenoxy) is 5. The first-order valence-electron chi connectivity index (χ1n) is 9.86. The maximum Gasteiger partial charge on any atom is 0.176 e. The van der Waals surface area contributed by atoms with Crippen LogP contribution in [0.3, 0.4) is 0 Å². The molecule has 5 nitrogen and oxygen atoms in total. The van der Waals surface area contributed by atoms with Gasteiger partial charge in [0.2, 0.25) is 0 Å². The second kappa shape index (κ2) is 13.3. The highest BCUT2D eigenvalue weighted by Gasteiger charge is 2.19. The van der Waals surface area contributed by atoms with Gasteiger partial charge in [0.1, 0.15) is 0 Å². The fraction of sp³-hybridized carbons (Fsp3) is 0.700. The van der Waals surface area contributed by atoms with Crippen LogP contribution in [0.2, 0.25) is 12.6 Å². The van der Waals surface area contributed by atoms with Gasteiger partial charge in [-0.2, -0.15) is 0 Å².